The van der Waals surface area contributed by atoms with Crippen LogP contribution in [0.3, 0.4) is 0 Å². The normalized spacial score (nSPS) is 10.8. The molecule has 0 fully saturated rings. The first-order chi connectivity index (χ1) is 9.38. The van der Waals surface area contributed by atoms with Gasteiger partial charge in [0.1, 0.15) is 0 Å². The monoisotopic (exact) mass is 255 g/mol. The molecule has 99 valence electrons. The molecule has 2 aromatic rings. The third-order valence-electron chi connectivity index (χ3n) is 2.77. The van der Waals surface area contributed by atoms with Crippen molar-refractivity contribution in [3.05, 3.63) is 78.1 Å². The summed E-state index contributed by atoms with van der Waals surface area (Å²) in [5.41, 5.74) is 2.30. The molecule has 0 aliphatic heterocycles. The lowest BCUT2D eigenvalue weighted by Crippen LogP contribution is -2.07. The Morgan fingerprint density at radius 2 is 1.16 bits per heavy atom. The van der Waals surface area contributed by atoms with Crippen molar-refractivity contribution < 1.29 is 9.47 Å². The SMILES string of the molecule is CC[C](OCc1ccccc1)OCc1ccccc1. The fourth-order valence-corrected chi connectivity index (χ4v) is 1.72. The predicted octanol–water partition coefficient (Wildman–Crippen LogP) is 4.32. The molecule has 1 radical (unpaired) electrons. The van der Waals surface area contributed by atoms with Gasteiger partial charge in [0.2, 0.25) is 6.29 Å². The second-order valence-corrected chi connectivity index (χ2v) is 4.27. The Labute approximate surface area is 115 Å². The van der Waals surface area contributed by atoms with Gasteiger partial charge in [0.05, 0.1) is 13.2 Å². The topological polar surface area (TPSA) is 18.5 Å². The molecule has 2 rings (SSSR count). The molecule has 0 saturated heterocycles. The van der Waals surface area contributed by atoms with Gasteiger partial charge in [0.25, 0.3) is 0 Å². The molecule has 0 unspecified atom stereocenters. The molecular weight excluding hydrogens is 236 g/mol. The van der Waals surface area contributed by atoms with Gasteiger partial charge in [0.15, 0.2) is 0 Å². The summed E-state index contributed by atoms with van der Waals surface area (Å²) in [6.45, 7) is 3.14. The predicted molar refractivity (Wildman–Crippen MR) is 76.0 cm³/mol. The molecule has 2 nitrogen and oxygen atoms in total. The Balaban J connectivity index is 1.77. The zero-order valence-corrected chi connectivity index (χ0v) is 11.2. The molecule has 0 aliphatic carbocycles. The van der Waals surface area contributed by atoms with Crippen LogP contribution in [0.5, 0.6) is 0 Å². The van der Waals surface area contributed by atoms with Gasteiger partial charge in [0, 0.05) is 6.42 Å². The van der Waals surface area contributed by atoms with Crippen LogP contribution in [-0.4, -0.2) is 0 Å². The molecule has 0 aromatic heterocycles. The van der Waals surface area contributed by atoms with Crippen molar-refractivity contribution in [3.63, 3.8) is 0 Å². The molecule has 0 N–H and O–H groups in total. The molecule has 2 heteroatoms. The highest BCUT2D eigenvalue weighted by atomic mass is 16.7. The molecule has 0 spiro atoms. The van der Waals surface area contributed by atoms with E-state index in [2.05, 4.69) is 0 Å². The van der Waals surface area contributed by atoms with Gasteiger partial charge >= 0.3 is 0 Å². The van der Waals surface area contributed by atoms with Crippen molar-refractivity contribution in [1.29, 1.82) is 0 Å². The first-order valence-corrected chi connectivity index (χ1v) is 6.57. The van der Waals surface area contributed by atoms with E-state index < -0.39 is 0 Å². The van der Waals surface area contributed by atoms with Gasteiger partial charge in [-0.25, -0.2) is 0 Å². The summed E-state index contributed by atoms with van der Waals surface area (Å²) >= 11 is 0. The molecule has 19 heavy (non-hydrogen) atoms. The molecule has 2 aromatic carbocycles. The minimum Gasteiger partial charge on any atom is -0.341 e. The van der Waals surface area contributed by atoms with Gasteiger partial charge in [-0.1, -0.05) is 67.6 Å². The van der Waals surface area contributed by atoms with E-state index in [1.165, 1.54) is 0 Å². The highest BCUT2D eigenvalue weighted by molar-refractivity contribution is 5.14. The summed E-state index contributed by atoms with van der Waals surface area (Å²) in [7, 11) is 0. The lowest BCUT2D eigenvalue weighted by molar-refractivity contribution is -0.0635. The molecule has 0 aliphatic rings. The molecule has 0 heterocycles. The maximum Gasteiger partial charge on any atom is 0.224 e. The van der Waals surface area contributed by atoms with Crippen LogP contribution in [0.25, 0.3) is 0 Å². The summed E-state index contributed by atoms with van der Waals surface area (Å²) in [6, 6.07) is 20.2. The highest BCUT2D eigenvalue weighted by Crippen LogP contribution is 2.15. The van der Waals surface area contributed by atoms with E-state index in [1.54, 1.807) is 0 Å². The van der Waals surface area contributed by atoms with Crippen LogP contribution in [0.15, 0.2) is 60.7 Å². The number of benzene rings is 2. The Morgan fingerprint density at radius 1 is 0.737 bits per heavy atom. The summed E-state index contributed by atoms with van der Waals surface area (Å²) in [5, 5.41) is 0. The zero-order valence-electron chi connectivity index (χ0n) is 11.2. The average molecular weight is 255 g/mol. The van der Waals surface area contributed by atoms with Crippen molar-refractivity contribution in [3.8, 4) is 0 Å². The van der Waals surface area contributed by atoms with Crippen molar-refractivity contribution in [2.45, 2.75) is 26.6 Å². The van der Waals surface area contributed by atoms with Crippen LogP contribution < -0.4 is 0 Å². The Bertz CT molecular complexity index is 410. The zero-order chi connectivity index (χ0) is 13.3. The van der Waals surface area contributed by atoms with E-state index in [0.717, 1.165) is 17.5 Å². The molecular formula is C17H19O2. The standard InChI is InChI=1S/C17H19O2/c1-2-17(18-13-15-9-5-3-6-10-15)19-14-16-11-7-4-8-12-16/h3-12H,2,13-14H2,1H3. The van der Waals surface area contributed by atoms with Crippen molar-refractivity contribution in [1.82, 2.24) is 0 Å². The largest absolute Gasteiger partial charge is 0.341 e. The third kappa shape index (κ3) is 4.86. The molecule has 0 atom stereocenters. The molecule has 0 bridgehead atoms. The summed E-state index contributed by atoms with van der Waals surface area (Å²) in [4.78, 5) is 0. The smallest absolute Gasteiger partial charge is 0.224 e. The molecule has 0 saturated carbocycles. The minimum absolute atomic E-state index is 0.554. The Morgan fingerprint density at radius 3 is 1.53 bits per heavy atom. The van der Waals surface area contributed by atoms with Crippen LogP contribution in [0, 0.1) is 6.29 Å². The van der Waals surface area contributed by atoms with Crippen LogP contribution in [0.1, 0.15) is 24.5 Å². The van der Waals surface area contributed by atoms with Crippen LogP contribution in [-0.2, 0) is 22.7 Å². The average Bonchev–Trinajstić information content (AvgIpc) is 2.49. The second-order valence-electron chi connectivity index (χ2n) is 4.27. The van der Waals surface area contributed by atoms with Gasteiger partial charge in [-0.05, 0) is 11.1 Å². The summed E-state index contributed by atoms with van der Waals surface area (Å²) in [5.74, 6) is 0. The van der Waals surface area contributed by atoms with Gasteiger partial charge in [-0.2, -0.15) is 0 Å². The van der Waals surface area contributed by atoms with E-state index >= 15 is 0 Å². The number of hydrogen-bond acceptors (Lipinski definition) is 2. The minimum atomic E-state index is 0.554. The quantitative estimate of drug-likeness (QED) is 0.733. The third-order valence-corrected chi connectivity index (χ3v) is 2.77. The first kappa shape index (κ1) is 13.8. The second kappa shape index (κ2) is 7.72. The fourth-order valence-electron chi connectivity index (χ4n) is 1.72. The first-order valence-electron chi connectivity index (χ1n) is 6.57. The van der Waals surface area contributed by atoms with E-state index in [0.29, 0.717) is 19.5 Å². The maximum absolute atomic E-state index is 5.69. The van der Waals surface area contributed by atoms with Crippen molar-refractivity contribution in [2.75, 3.05) is 0 Å². The highest BCUT2D eigenvalue weighted by Gasteiger charge is 2.09. The van der Waals surface area contributed by atoms with Gasteiger partial charge in [-0.15, -0.1) is 0 Å². The lowest BCUT2D eigenvalue weighted by Gasteiger charge is -2.15. The lowest BCUT2D eigenvalue weighted by atomic mass is 10.2. The van der Waals surface area contributed by atoms with Crippen LogP contribution in [0.4, 0.5) is 0 Å². The van der Waals surface area contributed by atoms with Crippen LogP contribution in [0.2, 0.25) is 0 Å². The van der Waals surface area contributed by atoms with E-state index in [9.17, 15) is 0 Å². The Hall–Kier alpha value is -1.64. The number of hydrogen-bond donors (Lipinski definition) is 0. The number of rotatable bonds is 7. The van der Waals surface area contributed by atoms with Crippen LogP contribution >= 0.6 is 0 Å². The van der Waals surface area contributed by atoms with Gasteiger partial charge in [-0.3, -0.25) is 0 Å². The molecule has 0 amide bonds. The van der Waals surface area contributed by atoms with E-state index in [4.69, 9.17) is 9.47 Å². The summed E-state index contributed by atoms with van der Waals surface area (Å²) < 4.78 is 11.4. The van der Waals surface area contributed by atoms with E-state index in [-0.39, 0.29) is 0 Å². The maximum atomic E-state index is 5.69. The Kier molecular flexibility index (Phi) is 5.60. The van der Waals surface area contributed by atoms with E-state index in [1.807, 2.05) is 67.6 Å². The van der Waals surface area contributed by atoms with Crippen molar-refractivity contribution in [2.24, 2.45) is 0 Å². The summed E-state index contributed by atoms with van der Waals surface area (Å²) in [6.07, 6.45) is 1.45. The fraction of sp³-hybridized carbons (Fsp3) is 0.235. The van der Waals surface area contributed by atoms with Crippen molar-refractivity contribution >= 4 is 0 Å². The van der Waals surface area contributed by atoms with Gasteiger partial charge < -0.3 is 9.47 Å². The number of ether oxygens (including phenoxy) is 2.